The lowest BCUT2D eigenvalue weighted by molar-refractivity contribution is 0.627. The second kappa shape index (κ2) is 5.56. The average Bonchev–Trinajstić information content (AvgIpc) is 2.89. The Labute approximate surface area is 124 Å². The third-order valence-corrected chi connectivity index (χ3v) is 3.41. The number of benzene rings is 1. The summed E-state index contributed by atoms with van der Waals surface area (Å²) in [6.45, 7) is 7.05. The number of anilines is 1. The summed E-state index contributed by atoms with van der Waals surface area (Å²) in [5, 5.41) is 4.31. The van der Waals surface area contributed by atoms with Crippen molar-refractivity contribution in [1.29, 1.82) is 0 Å². The fourth-order valence-electron chi connectivity index (χ4n) is 2.29. The Morgan fingerprint density at radius 1 is 1.19 bits per heavy atom. The zero-order valence-electron chi connectivity index (χ0n) is 12.6. The van der Waals surface area contributed by atoms with E-state index in [1.165, 1.54) is 5.56 Å². The first-order valence-corrected chi connectivity index (χ1v) is 7.25. The van der Waals surface area contributed by atoms with Crippen molar-refractivity contribution in [1.82, 2.24) is 9.97 Å². The van der Waals surface area contributed by atoms with Crippen LogP contribution in [0, 0.1) is 13.8 Å². The molecular formula is C17H19N3O. The second-order valence-corrected chi connectivity index (χ2v) is 5.30. The van der Waals surface area contributed by atoms with Gasteiger partial charge in [0.1, 0.15) is 11.3 Å². The van der Waals surface area contributed by atoms with E-state index >= 15 is 0 Å². The standard InChI is InChI=1S/C17H19N3O/c1-4-7-18-17-19-10-12(3)16(20-17)15-9-13-8-11(2)5-6-14(13)21-15/h5-6,8-10H,4,7H2,1-3H3,(H,18,19,20). The molecule has 0 saturated carbocycles. The monoisotopic (exact) mass is 281 g/mol. The van der Waals surface area contributed by atoms with Crippen LogP contribution in [0.3, 0.4) is 0 Å². The van der Waals surface area contributed by atoms with Gasteiger partial charge in [0, 0.05) is 18.1 Å². The Morgan fingerprint density at radius 2 is 2.05 bits per heavy atom. The molecule has 0 aliphatic rings. The zero-order chi connectivity index (χ0) is 14.8. The van der Waals surface area contributed by atoms with Crippen LogP contribution < -0.4 is 5.32 Å². The van der Waals surface area contributed by atoms with Crippen molar-refractivity contribution >= 4 is 16.9 Å². The number of rotatable bonds is 4. The molecule has 3 rings (SSSR count). The molecule has 0 aliphatic heterocycles. The molecule has 0 unspecified atom stereocenters. The van der Waals surface area contributed by atoms with E-state index in [2.05, 4.69) is 41.3 Å². The number of nitrogens with one attached hydrogen (secondary N) is 1. The van der Waals surface area contributed by atoms with Gasteiger partial charge in [0.25, 0.3) is 0 Å². The molecule has 0 bridgehead atoms. The fraction of sp³-hybridized carbons (Fsp3) is 0.294. The molecule has 0 amide bonds. The largest absolute Gasteiger partial charge is 0.454 e. The first-order valence-electron chi connectivity index (χ1n) is 7.25. The van der Waals surface area contributed by atoms with Crippen LogP contribution in [-0.2, 0) is 0 Å². The summed E-state index contributed by atoms with van der Waals surface area (Å²) in [4.78, 5) is 8.89. The predicted molar refractivity (Wildman–Crippen MR) is 85.5 cm³/mol. The van der Waals surface area contributed by atoms with Crippen molar-refractivity contribution < 1.29 is 4.42 Å². The highest BCUT2D eigenvalue weighted by atomic mass is 16.3. The summed E-state index contributed by atoms with van der Waals surface area (Å²) in [6.07, 6.45) is 2.87. The van der Waals surface area contributed by atoms with Crippen molar-refractivity contribution in [3.05, 3.63) is 41.6 Å². The third-order valence-electron chi connectivity index (χ3n) is 3.41. The first kappa shape index (κ1) is 13.6. The molecule has 0 atom stereocenters. The molecule has 0 fully saturated rings. The molecule has 0 saturated heterocycles. The van der Waals surface area contributed by atoms with Gasteiger partial charge in [-0.25, -0.2) is 9.97 Å². The lowest BCUT2D eigenvalue weighted by Gasteiger charge is -2.06. The SMILES string of the molecule is CCCNc1ncc(C)c(-c2cc3cc(C)ccc3o2)n1. The van der Waals surface area contributed by atoms with E-state index < -0.39 is 0 Å². The van der Waals surface area contributed by atoms with Crippen LogP contribution in [0.25, 0.3) is 22.4 Å². The van der Waals surface area contributed by atoms with Gasteiger partial charge < -0.3 is 9.73 Å². The van der Waals surface area contributed by atoms with Gasteiger partial charge in [0.2, 0.25) is 5.95 Å². The zero-order valence-corrected chi connectivity index (χ0v) is 12.6. The van der Waals surface area contributed by atoms with Crippen LogP contribution in [-0.4, -0.2) is 16.5 Å². The van der Waals surface area contributed by atoms with Gasteiger partial charge in [0.15, 0.2) is 5.76 Å². The van der Waals surface area contributed by atoms with Crippen molar-refractivity contribution in [2.45, 2.75) is 27.2 Å². The van der Waals surface area contributed by atoms with Crippen LogP contribution in [0.2, 0.25) is 0 Å². The minimum Gasteiger partial charge on any atom is -0.454 e. The van der Waals surface area contributed by atoms with E-state index in [0.717, 1.165) is 41.0 Å². The highest BCUT2D eigenvalue weighted by Gasteiger charge is 2.12. The molecule has 4 nitrogen and oxygen atoms in total. The summed E-state index contributed by atoms with van der Waals surface area (Å²) in [7, 11) is 0. The van der Waals surface area contributed by atoms with E-state index in [9.17, 15) is 0 Å². The fourth-order valence-corrected chi connectivity index (χ4v) is 2.29. The summed E-state index contributed by atoms with van der Waals surface area (Å²) in [5.41, 5.74) is 3.96. The van der Waals surface area contributed by atoms with E-state index in [4.69, 9.17) is 4.42 Å². The van der Waals surface area contributed by atoms with Crippen molar-refractivity contribution in [3.8, 4) is 11.5 Å². The third kappa shape index (κ3) is 2.75. The molecule has 3 aromatic rings. The predicted octanol–water partition coefficient (Wildman–Crippen LogP) is 4.33. The Morgan fingerprint density at radius 3 is 2.86 bits per heavy atom. The van der Waals surface area contributed by atoms with Crippen molar-refractivity contribution in [2.75, 3.05) is 11.9 Å². The minimum absolute atomic E-state index is 0.647. The number of aromatic nitrogens is 2. The maximum Gasteiger partial charge on any atom is 0.223 e. The number of furan rings is 1. The average molecular weight is 281 g/mol. The van der Waals surface area contributed by atoms with E-state index in [1.54, 1.807) is 0 Å². The van der Waals surface area contributed by atoms with Gasteiger partial charge in [-0.15, -0.1) is 0 Å². The summed E-state index contributed by atoms with van der Waals surface area (Å²) < 4.78 is 5.93. The first-order chi connectivity index (χ1) is 10.2. The van der Waals surface area contributed by atoms with Gasteiger partial charge in [-0.05, 0) is 44.0 Å². The number of fused-ring (bicyclic) bond motifs is 1. The Kier molecular flexibility index (Phi) is 3.60. The summed E-state index contributed by atoms with van der Waals surface area (Å²) in [5.74, 6) is 1.43. The van der Waals surface area contributed by atoms with Crippen LogP contribution in [0.15, 0.2) is 34.9 Å². The highest BCUT2D eigenvalue weighted by Crippen LogP contribution is 2.29. The molecule has 21 heavy (non-hydrogen) atoms. The van der Waals surface area contributed by atoms with Crippen LogP contribution in [0.1, 0.15) is 24.5 Å². The topological polar surface area (TPSA) is 51.0 Å². The van der Waals surface area contributed by atoms with Crippen molar-refractivity contribution in [3.63, 3.8) is 0 Å². The van der Waals surface area contributed by atoms with Gasteiger partial charge in [-0.2, -0.15) is 0 Å². The molecule has 0 spiro atoms. The minimum atomic E-state index is 0.647. The molecule has 0 aliphatic carbocycles. The van der Waals surface area contributed by atoms with Crippen molar-refractivity contribution in [2.24, 2.45) is 0 Å². The van der Waals surface area contributed by atoms with Crippen LogP contribution in [0.4, 0.5) is 5.95 Å². The van der Waals surface area contributed by atoms with E-state index in [-0.39, 0.29) is 0 Å². The Balaban J connectivity index is 2.04. The van der Waals surface area contributed by atoms with Crippen LogP contribution in [0.5, 0.6) is 0 Å². The number of nitrogens with zero attached hydrogens (tertiary/aromatic N) is 2. The lowest BCUT2D eigenvalue weighted by atomic mass is 10.1. The van der Waals surface area contributed by atoms with E-state index in [0.29, 0.717) is 5.95 Å². The highest BCUT2D eigenvalue weighted by molar-refractivity contribution is 5.83. The van der Waals surface area contributed by atoms with Gasteiger partial charge in [0.05, 0.1) is 0 Å². The Bertz CT molecular complexity index is 777. The number of hydrogen-bond acceptors (Lipinski definition) is 4. The molecular weight excluding hydrogens is 262 g/mol. The van der Waals surface area contributed by atoms with Gasteiger partial charge >= 0.3 is 0 Å². The quantitative estimate of drug-likeness (QED) is 0.773. The molecule has 0 radical (unpaired) electrons. The molecule has 108 valence electrons. The number of aryl methyl sites for hydroxylation is 2. The van der Waals surface area contributed by atoms with E-state index in [1.807, 2.05) is 25.3 Å². The summed E-state index contributed by atoms with van der Waals surface area (Å²) >= 11 is 0. The molecule has 1 aromatic carbocycles. The maximum absolute atomic E-state index is 5.93. The smallest absolute Gasteiger partial charge is 0.223 e. The van der Waals surface area contributed by atoms with Gasteiger partial charge in [-0.1, -0.05) is 18.6 Å². The summed E-state index contributed by atoms with van der Waals surface area (Å²) in [6, 6.07) is 8.22. The molecule has 2 heterocycles. The molecule has 2 aromatic heterocycles. The second-order valence-electron chi connectivity index (χ2n) is 5.30. The normalized spacial score (nSPS) is 11.0. The molecule has 1 N–H and O–H groups in total. The van der Waals surface area contributed by atoms with Gasteiger partial charge in [-0.3, -0.25) is 0 Å². The number of hydrogen-bond donors (Lipinski definition) is 1. The maximum atomic E-state index is 5.93. The molecule has 4 heteroatoms. The Hall–Kier alpha value is -2.36. The lowest BCUT2D eigenvalue weighted by Crippen LogP contribution is -2.05. The van der Waals surface area contributed by atoms with Crippen LogP contribution >= 0.6 is 0 Å².